The molecule has 0 spiro atoms. The summed E-state index contributed by atoms with van der Waals surface area (Å²) in [5.74, 6) is -1.70. The van der Waals surface area contributed by atoms with Crippen molar-refractivity contribution >= 4 is 17.4 Å². The average molecular weight is 231 g/mol. The number of aromatic nitrogens is 3. The molecule has 0 aromatic carbocycles. The van der Waals surface area contributed by atoms with Gasteiger partial charge in [-0.3, -0.25) is 0 Å². The average Bonchev–Trinajstić information content (AvgIpc) is 2.46. The minimum absolute atomic E-state index is 0.0576. The summed E-state index contributed by atoms with van der Waals surface area (Å²) in [6.45, 7) is 0. The SMILES string of the molecule is Nc1nn(-c2ncc(F)cc2F)cc1Cl. The van der Waals surface area contributed by atoms with Gasteiger partial charge in [0.05, 0.1) is 12.4 Å². The lowest BCUT2D eigenvalue weighted by atomic mass is 10.4. The van der Waals surface area contributed by atoms with Crippen molar-refractivity contribution in [2.24, 2.45) is 0 Å². The van der Waals surface area contributed by atoms with E-state index >= 15 is 0 Å². The van der Waals surface area contributed by atoms with Crippen molar-refractivity contribution in [2.75, 3.05) is 5.73 Å². The van der Waals surface area contributed by atoms with Crippen molar-refractivity contribution in [1.29, 1.82) is 0 Å². The molecule has 0 amide bonds. The van der Waals surface area contributed by atoms with E-state index in [2.05, 4.69) is 10.1 Å². The summed E-state index contributed by atoms with van der Waals surface area (Å²) in [5, 5.41) is 3.89. The fourth-order valence-electron chi connectivity index (χ4n) is 1.05. The van der Waals surface area contributed by atoms with Crippen LogP contribution in [0.4, 0.5) is 14.6 Å². The molecule has 7 heteroatoms. The lowest BCUT2D eigenvalue weighted by Gasteiger charge is -2.00. The van der Waals surface area contributed by atoms with Crippen molar-refractivity contribution in [2.45, 2.75) is 0 Å². The molecule has 15 heavy (non-hydrogen) atoms. The fourth-order valence-corrected chi connectivity index (χ4v) is 1.18. The Balaban J connectivity index is 2.54. The zero-order valence-electron chi connectivity index (χ0n) is 7.28. The summed E-state index contributed by atoms with van der Waals surface area (Å²) in [6, 6.07) is 0.702. The summed E-state index contributed by atoms with van der Waals surface area (Å²) in [5.41, 5.74) is 5.37. The first-order chi connectivity index (χ1) is 7.08. The van der Waals surface area contributed by atoms with E-state index in [-0.39, 0.29) is 16.7 Å². The van der Waals surface area contributed by atoms with Crippen LogP contribution in [-0.2, 0) is 0 Å². The first-order valence-corrected chi connectivity index (χ1v) is 4.28. The number of anilines is 1. The first-order valence-electron chi connectivity index (χ1n) is 3.90. The maximum atomic E-state index is 13.2. The van der Waals surface area contributed by atoms with E-state index in [1.807, 2.05) is 0 Å². The Hall–Kier alpha value is -1.69. The van der Waals surface area contributed by atoms with E-state index in [4.69, 9.17) is 17.3 Å². The van der Waals surface area contributed by atoms with Gasteiger partial charge in [-0.25, -0.2) is 18.4 Å². The van der Waals surface area contributed by atoms with Crippen LogP contribution in [0.1, 0.15) is 0 Å². The Morgan fingerprint density at radius 2 is 2.13 bits per heavy atom. The summed E-state index contributed by atoms with van der Waals surface area (Å²) in [6.07, 6.45) is 2.17. The van der Waals surface area contributed by atoms with E-state index in [1.165, 1.54) is 6.20 Å². The van der Waals surface area contributed by atoms with Crippen molar-refractivity contribution in [3.8, 4) is 5.82 Å². The summed E-state index contributed by atoms with van der Waals surface area (Å²) >= 11 is 5.63. The Labute approximate surface area is 88.3 Å². The molecule has 0 saturated carbocycles. The molecule has 0 aliphatic rings. The predicted molar refractivity (Wildman–Crippen MR) is 50.7 cm³/mol. The van der Waals surface area contributed by atoms with Gasteiger partial charge in [0.25, 0.3) is 0 Å². The number of nitrogen functional groups attached to an aromatic ring is 1. The second-order valence-electron chi connectivity index (χ2n) is 2.77. The third kappa shape index (κ3) is 1.75. The molecule has 0 fully saturated rings. The first kappa shape index (κ1) is 9.85. The van der Waals surface area contributed by atoms with Crippen molar-refractivity contribution in [3.63, 3.8) is 0 Å². The second kappa shape index (κ2) is 3.47. The zero-order chi connectivity index (χ0) is 11.0. The molecule has 2 rings (SSSR count). The van der Waals surface area contributed by atoms with Gasteiger partial charge >= 0.3 is 0 Å². The van der Waals surface area contributed by atoms with Crippen LogP contribution < -0.4 is 5.73 Å². The molecule has 0 saturated heterocycles. The van der Waals surface area contributed by atoms with Crippen molar-refractivity contribution < 1.29 is 8.78 Å². The van der Waals surface area contributed by atoms with Gasteiger partial charge in [0.1, 0.15) is 10.8 Å². The maximum absolute atomic E-state index is 13.2. The molecule has 2 aromatic heterocycles. The summed E-state index contributed by atoms with van der Waals surface area (Å²) in [7, 11) is 0. The lowest BCUT2D eigenvalue weighted by molar-refractivity contribution is 0.560. The third-order valence-electron chi connectivity index (χ3n) is 1.70. The standard InChI is InChI=1S/C8H5ClF2N4/c9-5-3-15(14-7(5)12)8-6(11)1-4(10)2-13-8/h1-3H,(H2,12,14). The molecule has 2 heterocycles. The van der Waals surface area contributed by atoms with Crippen LogP contribution in [0.25, 0.3) is 5.82 Å². The van der Waals surface area contributed by atoms with E-state index in [0.717, 1.165) is 10.9 Å². The number of nitrogens with zero attached hydrogens (tertiary/aromatic N) is 3. The Morgan fingerprint density at radius 1 is 1.40 bits per heavy atom. The molecular weight excluding hydrogens is 226 g/mol. The number of halogens is 3. The van der Waals surface area contributed by atoms with Gasteiger partial charge in [-0.2, -0.15) is 0 Å². The highest BCUT2D eigenvalue weighted by atomic mass is 35.5. The summed E-state index contributed by atoms with van der Waals surface area (Å²) < 4.78 is 26.8. The van der Waals surface area contributed by atoms with Crippen LogP contribution in [0.3, 0.4) is 0 Å². The molecule has 0 radical (unpaired) electrons. The van der Waals surface area contributed by atoms with Crippen molar-refractivity contribution in [3.05, 3.63) is 35.1 Å². The van der Waals surface area contributed by atoms with E-state index in [9.17, 15) is 8.78 Å². The molecule has 0 unspecified atom stereocenters. The number of rotatable bonds is 1. The van der Waals surface area contributed by atoms with Gasteiger partial charge in [0.15, 0.2) is 17.5 Å². The molecule has 0 atom stereocenters. The Kier molecular flexibility index (Phi) is 2.28. The highest BCUT2D eigenvalue weighted by Gasteiger charge is 2.11. The number of nitrogens with two attached hydrogens (primary N) is 1. The molecule has 78 valence electrons. The van der Waals surface area contributed by atoms with Crippen LogP contribution in [0.5, 0.6) is 0 Å². The van der Waals surface area contributed by atoms with Gasteiger partial charge < -0.3 is 5.73 Å². The zero-order valence-corrected chi connectivity index (χ0v) is 8.04. The minimum Gasteiger partial charge on any atom is -0.381 e. The Morgan fingerprint density at radius 3 is 2.67 bits per heavy atom. The molecular formula is C8H5ClF2N4. The largest absolute Gasteiger partial charge is 0.381 e. The molecule has 2 aromatic rings. The molecule has 0 bridgehead atoms. The van der Waals surface area contributed by atoms with Gasteiger partial charge in [0, 0.05) is 6.07 Å². The monoisotopic (exact) mass is 230 g/mol. The molecule has 4 nitrogen and oxygen atoms in total. The van der Waals surface area contributed by atoms with Gasteiger partial charge in [-0.05, 0) is 0 Å². The van der Waals surface area contributed by atoms with Crippen LogP contribution in [0.15, 0.2) is 18.5 Å². The Bertz CT molecular complexity index is 492. The number of hydrogen-bond donors (Lipinski definition) is 1. The summed E-state index contributed by atoms with van der Waals surface area (Å²) in [4.78, 5) is 3.54. The topological polar surface area (TPSA) is 56.7 Å². The van der Waals surface area contributed by atoms with E-state index in [1.54, 1.807) is 0 Å². The van der Waals surface area contributed by atoms with Gasteiger partial charge in [0.2, 0.25) is 0 Å². The predicted octanol–water partition coefficient (Wildman–Crippen LogP) is 1.78. The lowest BCUT2D eigenvalue weighted by Crippen LogP contribution is -2.02. The van der Waals surface area contributed by atoms with Crippen molar-refractivity contribution in [1.82, 2.24) is 14.8 Å². The number of hydrogen-bond acceptors (Lipinski definition) is 3. The third-order valence-corrected chi connectivity index (χ3v) is 1.99. The van der Waals surface area contributed by atoms with Crippen LogP contribution in [0.2, 0.25) is 5.02 Å². The number of pyridine rings is 1. The fraction of sp³-hybridized carbons (Fsp3) is 0. The normalized spacial score (nSPS) is 10.6. The van der Waals surface area contributed by atoms with E-state index < -0.39 is 11.6 Å². The molecule has 0 aliphatic heterocycles. The minimum atomic E-state index is -0.839. The molecule has 2 N–H and O–H groups in total. The van der Waals surface area contributed by atoms with Gasteiger partial charge in [-0.15, -0.1) is 5.10 Å². The van der Waals surface area contributed by atoms with Gasteiger partial charge in [-0.1, -0.05) is 11.6 Å². The maximum Gasteiger partial charge on any atom is 0.189 e. The second-order valence-corrected chi connectivity index (χ2v) is 3.17. The highest BCUT2D eigenvalue weighted by Crippen LogP contribution is 2.19. The molecule has 0 aliphatic carbocycles. The van der Waals surface area contributed by atoms with Crippen LogP contribution in [0, 0.1) is 11.6 Å². The highest BCUT2D eigenvalue weighted by molar-refractivity contribution is 6.32. The smallest absolute Gasteiger partial charge is 0.189 e. The van der Waals surface area contributed by atoms with Crippen LogP contribution >= 0.6 is 11.6 Å². The van der Waals surface area contributed by atoms with E-state index in [0.29, 0.717) is 6.07 Å². The quantitative estimate of drug-likeness (QED) is 0.813. The van der Waals surface area contributed by atoms with Crippen LogP contribution in [-0.4, -0.2) is 14.8 Å².